The maximum atomic E-state index is 4.50. The van der Waals surface area contributed by atoms with Crippen LogP contribution in [0.1, 0.15) is 50.8 Å². The Morgan fingerprint density at radius 2 is 1.74 bits per heavy atom. The molecule has 1 aromatic heterocycles. The minimum absolute atomic E-state index is 0.392. The van der Waals surface area contributed by atoms with E-state index >= 15 is 0 Å². The largest absolute Gasteiger partial charge is 0.306 e. The van der Waals surface area contributed by atoms with Gasteiger partial charge < -0.3 is 5.32 Å². The molecular formula is C17H24N2. The lowest BCUT2D eigenvalue weighted by atomic mass is 9.54. The second-order valence-corrected chi connectivity index (χ2v) is 7.10. The molecule has 0 radical (unpaired) electrons. The van der Waals surface area contributed by atoms with Crippen LogP contribution >= 0.6 is 0 Å². The first-order valence-corrected chi connectivity index (χ1v) is 7.96. The Bertz CT molecular complexity index is 414. The summed E-state index contributed by atoms with van der Waals surface area (Å²) in [6.45, 7) is 2.27. The maximum Gasteiger partial charge on any atom is 0.0570 e. The summed E-state index contributed by atoms with van der Waals surface area (Å²) < 4.78 is 0. The van der Waals surface area contributed by atoms with Gasteiger partial charge in [0.15, 0.2) is 0 Å². The van der Waals surface area contributed by atoms with Crippen molar-refractivity contribution in [3.63, 3.8) is 0 Å². The number of hydrogen-bond acceptors (Lipinski definition) is 2. The minimum atomic E-state index is 0.392. The highest BCUT2D eigenvalue weighted by Gasteiger charge is 2.48. The van der Waals surface area contributed by atoms with Crippen LogP contribution in [-0.4, -0.2) is 11.0 Å². The average molecular weight is 256 g/mol. The zero-order chi connectivity index (χ0) is 12.8. The fraction of sp³-hybridized carbons (Fsp3) is 0.706. The Balaban J connectivity index is 1.48. The fourth-order valence-electron chi connectivity index (χ4n) is 5.20. The van der Waals surface area contributed by atoms with Gasteiger partial charge in [-0.05, 0) is 74.8 Å². The molecule has 4 saturated carbocycles. The summed E-state index contributed by atoms with van der Waals surface area (Å²) in [5.74, 6) is 4.02. The highest BCUT2D eigenvalue weighted by atomic mass is 15.0. The topological polar surface area (TPSA) is 24.9 Å². The third-order valence-electron chi connectivity index (χ3n) is 5.80. The summed E-state index contributed by atoms with van der Waals surface area (Å²) in [6.07, 6.45) is 9.39. The van der Waals surface area contributed by atoms with Crippen LogP contribution in [0.4, 0.5) is 0 Å². The molecule has 4 aliphatic carbocycles. The molecule has 19 heavy (non-hydrogen) atoms. The number of nitrogens with one attached hydrogen (secondary N) is 1. The van der Waals surface area contributed by atoms with Crippen molar-refractivity contribution in [2.24, 2.45) is 23.7 Å². The van der Waals surface area contributed by atoms with Crippen LogP contribution in [0, 0.1) is 23.7 Å². The molecule has 5 rings (SSSR count). The van der Waals surface area contributed by atoms with E-state index in [1.807, 2.05) is 12.3 Å². The van der Waals surface area contributed by atoms with Crippen LogP contribution in [-0.2, 0) is 0 Å². The molecule has 1 heterocycles. The first-order valence-electron chi connectivity index (χ1n) is 7.96. The van der Waals surface area contributed by atoms with E-state index in [9.17, 15) is 0 Å². The standard InChI is InChI=1S/C17H24N2/c1-11(16-4-2-3-5-18-16)19-17-14-7-12-6-13(9-14)10-15(17)8-12/h2-5,11-15,17,19H,6-10H2,1H3/t11-,12?,13?,14?,15?,17?/m0/s1. The van der Waals surface area contributed by atoms with Crippen LogP contribution in [0.5, 0.6) is 0 Å². The van der Waals surface area contributed by atoms with Crippen molar-refractivity contribution in [3.8, 4) is 0 Å². The molecule has 102 valence electrons. The Morgan fingerprint density at radius 3 is 2.32 bits per heavy atom. The number of nitrogens with zero attached hydrogens (tertiary/aromatic N) is 1. The van der Waals surface area contributed by atoms with Gasteiger partial charge in [-0.15, -0.1) is 0 Å². The zero-order valence-corrected chi connectivity index (χ0v) is 11.8. The van der Waals surface area contributed by atoms with Gasteiger partial charge in [0.25, 0.3) is 0 Å². The van der Waals surface area contributed by atoms with Crippen LogP contribution in [0.15, 0.2) is 24.4 Å². The summed E-state index contributed by atoms with van der Waals surface area (Å²) in [4.78, 5) is 4.50. The highest BCUT2D eigenvalue weighted by Crippen LogP contribution is 2.54. The van der Waals surface area contributed by atoms with Crippen molar-refractivity contribution < 1.29 is 0 Å². The minimum Gasteiger partial charge on any atom is -0.306 e. The Hall–Kier alpha value is -0.890. The van der Waals surface area contributed by atoms with Crippen molar-refractivity contribution in [2.45, 2.75) is 51.1 Å². The van der Waals surface area contributed by atoms with E-state index in [0.29, 0.717) is 6.04 Å². The monoisotopic (exact) mass is 256 g/mol. The van der Waals surface area contributed by atoms with E-state index in [4.69, 9.17) is 0 Å². The molecular weight excluding hydrogens is 232 g/mol. The van der Waals surface area contributed by atoms with Crippen molar-refractivity contribution in [1.29, 1.82) is 0 Å². The lowest BCUT2D eigenvalue weighted by Gasteiger charge is -2.55. The normalized spacial score (nSPS) is 41.4. The second-order valence-electron chi connectivity index (χ2n) is 7.10. The third-order valence-corrected chi connectivity index (χ3v) is 5.80. The lowest BCUT2D eigenvalue weighted by molar-refractivity contribution is -0.0172. The first kappa shape index (κ1) is 11.9. The second kappa shape index (κ2) is 4.59. The summed E-state index contributed by atoms with van der Waals surface area (Å²) in [7, 11) is 0. The van der Waals surface area contributed by atoms with Gasteiger partial charge in [-0.2, -0.15) is 0 Å². The molecule has 0 saturated heterocycles. The molecule has 0 aliphatic heterocycles. The molecule has 0 aromatic carbocycles. The summed E-state index contributed by atoms with van der Waals surface area (Å²) in [6, 6.07) is 7.39. The molecule has 1 N–H and O–H groups in total. The fourth-order valence-corrected chi connectivity index (χ4v) is 5.20. The van der Waals surface area contributed by atoms with Crippen LogP contribution in [0.25, 0.3) is 0 Å². The van der Waals surface area contributed by atoms with Gasteiger partial charge in [0.05, 0.1) is 5.69 Å². The zero-order valence-electron chi connectivity index (χ0n) is 11.8. The van der Waals surface area contributed by atoms with Gasteiger partial charge in [0.1, 0.15) is 0 Å². The molecule has 0 amide bonds. The smallest absolute Gasteiger partial charge is 0.0570 e. The quantitative estimate of drug-likeness (QED) is 0.894. The highest BCUT2D eigenvalue weighted by molar-refractivity contribution is 5.10. The average Bonchev–Trinajstić information content (AvgIpc) is 2.43. The summed E-state index contributed by atoms with van der Waals surface area (Å²) in [5, 5.41) is 3.92. The van der Waals surface area contributed by atoms with Gasteiger partial charge >= 0.3 is 0 Å². The van der Waals surface area contributed by atoms with Gasteiger partial charge in [0, 0.05) is 18.3 Å². The van der Waals surface area contributed by atoms with Gasteiger partial charge in [-0.25, -0.2) is 0 Å². The SMILES string of the molecule is C[C@H](NC1C2CC3CC(C2)CC1C3)c1ccccn1. The molecule has 1 atom stereocenters. The molecule has 0 unspecified atom stereocenters. The Morgan fingerprint density at radius 1 is 1.05 bits per heavy atom. The molecule has 0 spiro atoms. The van der Waals surface area contributed by atoms with E-state index in [1.165, 1.54) is 37.8 Å². The predicted octanol–water partition coefficient (Wildman–Crippen LogP) is 3.56. The number of hydrogen-bond donors (Lipinski definition) is 1. The maximum absolute atomic E-state index is 4.50. The number of aromatic nitrogens is 1. The van der Waals surface area contributed by atoms with Crippen molar-refractivity contribution in [3.05, 3.63) is 30.1 Å². The van der Waals surface area contributed by atoms with E-state index in [0.717, 1.165) is 29.7 Å². The first-order chi connectivity index (χ1) is 9.29. The Labute approximate surface area is 116 Å². The predicted molar refractivity (Wildman–Crippen MR) is 76.6 cm³/mol. The summed E-state index contributed by atoms with van der Waals surface area (Å²) in [5.41, 5.74) is 1.19. The Kier molecular flexibility index (Phi) is 2.87. The molecule has 2 nitrogen and oxygen atoms in total. The van der Waals surface area contributed by atoms with Gasteiger partial charge in [-0.1, -0.05) is 6.07 Å². The molecule has 1 aromatic rings. The van der Waals surface area contributed by atoms with E-state index < -0.39 is 0 Å². The summed E-state index contributed by atoms with van der Waals surface area (Å²) >= 11 is 0. The van der Waals surface area contributed by atoms with E-state index in [2.05, 4.69) is 29.4 Å². The van der Waals surface area contributed by atoms with Crippen molar-refractivity contribution in [2.75, 3.05) is 0 Å². The van der Waals surface area contributed by atoms with Crippen molar-refractivity contribution in [1.82, 2.24) is 10.3 Å². The molecule has 4 aliphatic rings. The number of rotatable bonds is 3. The van der Waals surface area contributed by atoms with Gasteiger partial charge in [-0.3, -0.25) is 4.98 Å². The van der Waals surface area contributed by atoms with Crippen LogP contribution < -0.4 is 5.32 Å². The van der Waals surface area contributed by atoms with E-state index in [-0.39, 0.29) is 0 Å². The van der Waals surface area contributed by atoms with Gasteiger partial charge in [0.2, 0.25) is 0 Å². The number of pyridine rings is 1. The molecule has 4 bridgehead atoms. The van der Waals surface area contributed by atoms with Crippen LogP contribution in [0.3, 0.4) is 0 Å². The third kappa shape index (κ3) is 2.10. The molecule has 2 heteroatoms. The lowest BCUT2D eigenvalue weighted by Crippen LogP contribution is -2.54. The van der Waals surface area contributed by atoms with Crippen molar-refractivity contribution >= 4 is 0 Å². The molecule has 4 fully saturated rings. The van der Waals surface area contributed by atoms with E-state index in [1.54, 1.807) is 0 Å². The van der Waals surface area contributed by atoms with Crippen LogP contribution in [0.2, 0.25) is 0 Å².